The van der Waals surface area contributed by atoms with Gasteiger partial charge in [-0.05, 0) is 49.9 Å². The Kier molecular flexibility index (Phi) is 7.29. The molecule has 0 aliphatic carbocycles. The standard InChI is InChI=1S/C24H28ClN9O4S/c1-14-11-34-22(27-23(14)32-12-19(28-31-26)21(35)13-32)10-18(29-34)20-5-3-4-8-33(20)24(36)16-9-15(25)6-7-17(16)30-39(2,37)38/h6-7,9-11,19-21,30,35H,3-5,8,12-13H2,1-2H3/t19-,20-,21-/m0/s1. The first-order valence-corrected chi connectivity index (χ1v) is 14.7. The molecule has 2 aromatic heterocycles. The predicted molar refractivity (Wildman–Crippen MR) is 146 cm³/mol. The molecule has 1 amide bonds. The SMILES string of the molecule is Cc1cn2nc([C@@H]3CCCCN3C(=O)c3cc(Cl)ccc3NS(C)(=O)=O)cc2nc1N1C[C@H](N=[N+]=[N-])[C@@H](O)C1. The van der Waals surface area contributed by atoms with Crippen molar-refractivity contribution in [3.63, 3.8) is 0 Å². The Morgan fingerprint density at radius 2 is 2.08 bits per heavy atom. The average Bonchev–Trinajstić information content (AvgIpc) is 3.46. The van der Waals surface area contributed by atoms with Crippen LogP contribution in [-0.2, 0) is 10.0 Å². The number of fused-ring (bicyclic) bond motifs is 1. The first-order valence-electron chi connectivity index (χ1n) is 12.5. The van der Waals surface area contributed by atoms with Gasteiger partial charge in [0.15, 0.2) is 5.65 Å². The summed E-state index contributed by atoms with van der Waals surface area (Å²) in [5.41, 5.74) is 11.2. The lowest BCUT2D eigenvalue weighted by Gasteiger charge is -2.35. The van der Waals surface area contributed by atoms with Crippen molar-refractivity contribution in [2.45, 2.75) is 44.4 Å². The number of azide groups is 1. The van der Waals surface area contributed by atoms with Crippen LogP contribution in [-0.4, -0.2) is 77.0 Å². The van der Waals surface area contributed by atoms with E-state index in [0.29, 0.717) is 48.2 Å². The zero-order valence-corrected chi connectivity index (χ0v) is 23.0. The van der Waals surface area contributed by atoms with Crippen LogP contribution < -0.4 is 9.62 Å². The maximum atomic E-state index is 13.8. The van der Waals surface area contributed by atoms with Gasteiger partial charge in [-0.15, -0.1) is 0 Å². The second-order valence-electron chi connectivity index (χ2n) is 9.94. The van der Waals surface area contributed by atoms with E-state index in [2.05, 4.69) is 14.7 Å². The van der Waals surface area contributed by atoms with E-state index >= 15 is 0 Å². The molecular weight excluding hydrogens is 546 g/mol. The van der Waals surface area contributed by atoms with Crippen molar-refractivity contribution in [1.82, 2.24) is 19.5 Å². The third-order valence-corrected chi connectivity index (χ3v) is 7.82. The molecular formula is C24H28ClN9O4S. The number of hydrogen-bond acceptors (Lipinski definition) is 8. The number of rotatable bonds is 6. The maximum absolute atomic E-state index is 13.8. The molecule has 0 unspecified atom stereocenters. The molecule has 3 aromatic rings. The van der Waals surface area contributed by atoms with Gasteiger partial charge in [0.25, 0.3) is 5.91 Å². The summed E-state index contributed by atoms with van der Waals surface area (Å²) >= 11 is 6.18. The van der Waals surface area contributed by atoms with E-state index in [9.17, 15) is 18.3 Å². The molecule has 2 fully saturated rings. The van der Waals surface area contributed by atoms with Crippen LogP contribution in [0.1, 0.15) is 46.9 Å². The number of aliphatic hydroxyl groups is 1. The molecule has 5 rings (SSSR count). The summed E-state index contributed by atoms with van der Waals surface area (Å²) in [7, 11) is -3.62. The second kappa shape index (κ2) is 10.5. The number of aromatic nitrogens is 3. The van der Waals surface area contributed by atoms with Crippen LogP contribution in [0, 0.1) is 6.92 Å². The number of amides is 1. The molecule has 2 saturated heterocycles. The molecule has 0 saturated carbocycles. The number of carbonyl (C=O) groups is 1. The highest BCUT2D eigenvalue weighted by Gasteiger charge is 2.34. The number of likely N-dealkylation sites (tertiary alicyclic amines) is 1. The number of aryl methyl sites for hydroxylation is 1. The van der Waals surface area contributed by atoms with Crippen molar-refractivity contribution in [3.05, 3.63) is 62.7 Å². The van der Waals surface area contributed by atoms with Crippen molar-refractivity contribution in [1.29, 1.82) is 0 Å². The summed E-state index contributed by atoms with van der Waals surface area (Å²) < 4.78 is 27.9. The smallest absolute Gasteiger partial charge is 0.256 e. The summed E-state index contributed by atoms with van der Waals surface area (Å²) in [6, 6.07) is 5.42. The highest BCUT2D eigenvalue weighted by molar-refractivity contribution is 7.92. The number of benzene rings is 1. The number of β-amino-alcohol motifs (C(OH)–C–C–N with tert-alkyl or cyclic N) is 1. The molecule has 0 bridgehead atoms. The first kappa shape index (κ1) is 27.0. The second-order valence-corrected chi connectivity index (χ2v) is 12.1. The van der Waals surface area contributed by atoms with Gasteiger partial charge < -0.3 is 14.9 Å². The van der Waals surface area contributed by atoms with Gasteiger partial charge in [0.2, 0.25) is 10.0 Å². The van der Waals surface area contributed by atoms with Gasteiger partial charge in [-0.25, -0.2) is 17.9 Å². The number of nitrogens with one attached hydrogen (secondary N) is 1. The van der Waals surface area contributed by atoms with Gasteiger partial charge in [0.1, 0.15) is 5.82 Å². The van der Waals surface area contributed by atoms with Crippen LogP contribution in [0.25, 0.3) is 16.1 Å². The van der Waals surface area contributed by atoms with Crippen molar-refractivity contribution in [2.75, 3.05) is 35.5 Å². The molecule has 15 heteroatoms. The summed E-state index contributed by atoms with van der Waals surface area (Å²) in [5, 5.41) is 19.0. The average molecular weight is 574 g/mol. The predicted octanol–water partition coefficient (Wildman–Crippen LogP) is 3.29. The molecule has 1 aromatic carbocycles. The van der Waals surface area contributed by atoms with E-state index in [0.717, 1.165) is 24.7 Å². The molecule has 3 atom stereocenters. The fourth-order valence-corrected chi connectivity index (χ4v) is 5.99. The number of nitrogens with zero attached hydrogens (tertiary/aromatic N) is 8. The molecule has 13 nitrogen and oxygen atoms in total. The topological polar surface area (TPSA) is 169 Å². The number of piperidine rings is 1. The van der Waals surface area contributed by atoms with Crippen LogP contribution in [0.2, 0.25) is 5.02 Å². The van der Waals surface area contributed by atoms with E-state index in [1.54, 1.807) is 9.42 Å². The van der Waals surface area contributed by atoms with Gasteiger partial charge >= 0.3 is 0 Å². The van der Waals surface area contributed by atoms with Gasteiger partial charge in [-0.1, -0.05) is 16.7 Å². The van der Waals surface area contributed by atoms with Crippen molar-refractivity contribution in [3.8, 4) is 0 Å². The van der Waals surface area contributed by atoms with E-state index < -0.39 is 22.2 Å². The highest BCUT2D eigenvalue weighted by Crippen LogP contribution is 2.34. The minimum Gasteiger partial charge on any atom is -0.391 e. The summed E-state index contributed by atoms with van der Waals surface area (Å²) in [5.74, 6) is 0.320. The maximum Gasteiger partial charge on any atom is 0.256 e. The van der Waals surface area contributed by atoms with Crippen molar-refractivity contribution < 1.29 is 18.3 Å². The molecule has 2 N–H and O–H groups in total. The monoisotopic (exact) mass is 573 g/mol. The number of hydrogen-bond donors (Lipinski definition) is 2. The number of anilines is 2. The highest BCUT2D eigenvalue weighted by atomic mass is 35.5. The lowest BCUT2D eigenvalue weighted by Crippen LogP contribution is -2.39. The van der Waals surface area contributed by atoms with E-state index in [1.807, 2.05) is 24.1 Å². The largest absolute Gasteiger partial charge is 0.391 e. The lowest BCUT2D eigenvalue weighted by molar-refractivity contribution is 0.0607. The van der Waals surface area contributed by atoms with Crippen LogP contribution in [0.3, 0.4) is 0 Å². The first-order chi connectivity index (χ1) is 18.5. The number of carbonyl (C=O) groups excluding carboxylic acids is 1. The lowest BCUT2D eigenvalue weighted by atomic mass is 9.98. The Labute approximate surface area is 230 Å². The number of halogens is 1. The van der Waals surface area contributed by atoms with E-state index in [1.165, 1.54) is 18.2 Å². The molecule has 206 valence electrons. The van der Waals surface area contributed by atoms with E-state index in [-0.39, 0.29) is 23.2 Å². The minimum atomic E-state index is -3.62. The normalized spacial score (nSPS) is 21.7. The minimum absolute atomic E-state index is 0.167. The number of sulfonamides is 1. The Bertz CT molecular complexity index is 1590. The van der Waals surface area contributed by atoms with Gasteiger partial charge in [-0.2, -0.15) is 5.10 Å². The fraction of sp³-hybridized carbons (Fsp3) is 0.458. The quantitative estimate of drug-likeness (QED) is 0.259. The van der Waals surface area contributed by atoms with Gasteiger partial charge in [-0.3, -0.25) is 9.52 Å². The fourth-order valence-electron chi connectivity index (χ4n) is 5.24. The Balaban J connectivity index is 1.47. The molecule has 0 radical (unpaired) electrons. The molecule has 0 spiro atoms. The zero-order chi connectivity index (χ0) is 27.9. The molecule has 4 heterocycles. The van der Waals surface area contributed by atoms with Crippen LogP contribution >= 0.6 is 11.6 Å². The summed E-state index contributed by atoms with van der Waals surface area (Å²) in [6.45, 7) is 3.02. The molecule has 39 heavy (non-hydrogen) atoms. The third-order valence-electron chi connectivity index (χ3n) is 6.99. The van der Waals surface area contributed by atoms with Crippen molar-refractivity contribution >= 4 is 44.7 Å². The zero-order valence-electron chi connectivity index (χ0n) is 21.4. The van der Waals surface area contributed by atoms with Crippen molar-refractivity contribution in [2.24, 2.45) is 5.11 Å². The molecule has 2 aliphatic rings. The van der Waals surface area contributed by atoms with E-state index in [4.69, 9.17) is 27.2 Å². The third kappa shape index (κ3) is 5.59. The Morgan fingerprint density at radius 1 is 1.28 bits per heavy atom. The number of aliphatic hydroxyl groups excluding tert-OH is 1. The Morgan fingerprint density at radius 3 is 2.82 bits per heavy atom. The van der Waals surface area contributed by atoms with Crippen LogP contribution in [0.4, 0.5) is 11.5 Å². The summed E-state index contributed by atoms with van der Waals surface area (Å²) in [4.78, 5) is 25.0. The summed E-state index contributed by atoms with van der Waals surface area (Å²) in [6.07, 6.45) is 4.47. The Hall–Kier alpha value is -3.58. The molecule has 2 aliphatic heterocycles. The van der Waals surface area contributed by atoms with Crippen LogP contribution in [0.15, 0.2) is 35.6 Å². The van der Waals surface area contributed by atoms with Gasteiger partial charge in [0, 0.05) is 47.4 Å². The van der Waals surface area contributed by atoms with Crippen LogP contribution in [0.5, 0.6) is 0 Å². The van der Waals surface area contributed by atoms with Gasteiger partial charge in [0.05, 0.1) is 41.4 Å².